The monoisotopic (exact) mass is 180 g/mol. The lowest BCUT2D eigenvalue weighted by Gasteiger charge is -2.22. The lowest BCUT2D eigenvalue weighted by molar-refractivity contribution is 0.211. The Bertz CT molecular complexity index is 90.1. The van der Waals surface area contributed by atoms with E-state index >= 15 is 0 Å². The number of hydrogen-bond acceptors (Lipinski definition) is 1. The van der Waals surface area contributed by atoms with Crippen LogP contribution in [0.5, 0.6) is 0 Å². The summed E-state index contributed by atoms with van der Waals surface area (Å²) in [6.45, 7) is 8.66. The van der Waals surface area contributed by atoms with Crippen LogP contribution >= 0.6 is 11.6 Å². The number of alkyl halides is 1. The summed E-state index contributed by atoms with van der Waals surface area (Å²) in [5.41, 5.74) is 0. The zero-order valence-corrected chi connectivity index (χ0v) is 9.03. The molecule has 0 spiro atoms. The Hall–Kier alpha value is 0.467. The summed E-state index contributed by atoms with van der Waals surface area (Å²) in [7, 11) is -1.32. The fourth-order valence-corrected chi connectivity index (χ4v) is 2.45. The summed E-state index contributed by atoms with van der Waals surface area (Å²) in [4.78, 5) is 0. The minimum atomic E-state index is -1.32. The minimum absolute atomic E-state index is 0.337. The van der Waals surface area contributed by atoms with Gasteiger partial charge in [0.05, 0.1) is 0 Å². The van der Waals surface area contributed by atoms with Crippen LogP contribution in [0.2, 0.25) is 19.6 Å². The molecule has 1 atom stereocenters. The van der Waals surface area contributed by atoms with Crippen LogP contribution in [0.3, 0.4) is 0 Å². The van der Waals surface area contributed by atoms with Crippen LogP contribution in [-0.2, 0) is 4.43 Å². The Morgan fingerprint density at radius 3 is 2.20 bits per heavy atom. The molecule has 0 N–H and O–H groups in total. The van der Waals surface area contributed by atoms with Gasteiger partial charge >= 0.3 is 0 Å². The molecule has 0 fully saturated rings. The molecule has 0 saturated heterocycles. The van der Waals surface area contributed by atoms with E-state index in [0.29, 0.717) is 12.0 Å². The Morgan fingerprint density at radius 1 is 1.40 bits per heavy atom. The van der Waals surface area contributed by atoms with Gasteiger partial charge in [-0.25, -0.2) is 0 Å². The van der Waals surface area contributed by atoms with Crippen LogP contribution in [0.4, 0.5) is 0 Å². The summed E-state index contributed by atoms with van der Waals surface area (Å²) in [6.07, 6.45) is 1.30. The van der Waals surface area contributed by atoms with E-state index in [9.17, 15) is 0 Å². The van der Waals surface area contributed by atoms with E-state index in [-0.39, 0.29) is 0 Å². The summed E-state index contributed by atoms with van der Waals surface area (Å²) < 4.78 is 5.73. The first-order valence-electron chi connectivity index (χ1n) is 3.69. The molecule has 3 heteroatoms. The normalized spacial score (nSPS) is 15.3. The minimum Gasteiger partial charge on any atom is -0.415 e. The van der Waals surface area contributed by atoms with Gasteiger partial charge < -0.3 is 4.43 Å². The van der Waals surface area contributed by atoms with Crippen LogP contribution in [0, 0.1) is 0 Å². The molecule has 0 bridgehead atoms. The number of hydrogen-bond donors (Lipinski definition) is 0. The average Bonchev–Trinajstić information content (AvgIpc) is 1.59. The predicted molar refractivity (Wildman–Crippen MR) is 49.2 cm³/mol. The molecule has 10 heavy (non-hydrogen) atoms. The van der Waals surface area contributed by atoms with Crippen molar-refractivity contribution >= 4 is 19.9 Å². The average molecular weight is 181 g/mol. The Balaban J connectivity index is 3.47. The second kappa shape index (κ2) is 4.37. The molecule has 0 aromatic carbocycles. The smallest absolute Gasteiger partial charge is 0.184 e. The molecule has 0 aliphatic carbocycles. The molecular weight excluding hydrogens is 164 g/mol. The fourth-order valence-electron chi connectivity index (χ4n) is 0.816. The molecule has 0 aliphatic heterocycles. The van der Waals surface area contributed by atoms with Crippen molar-refractivity contribution in [2.75, 3.05) is 5.88 Å². The third kappa shape index (κ3) is 6.58. The first-order valence-corrected chi connectivity index (χ1v) is 7.64. The third-order valence-corrected chi connectivity index (χ3v) is 2.40. The van der Waals surface area contributed by atoms with Gasteiger partial charge in [-0.15, -0.1) is 11.6 Å². The van der Waals surface area contributed by atoms with Crippen molar-refractivity contribution in [1.82, 2.24) is 0 Å². The van der Waals surface area contributed by atoms with Gasteiger partial charge in [0.1, 0.15) is 0 Å². The third-order valence-electron chi connectivity index (χ3n) is 1.07. The highest BCUT2D eigenvalue weighted by molar-refractivity contribution is 6.69. The second-order valence-corrected chi connectivity index (χ2v) is 8.36. The summed E-state index contributed by atoms with van der Waals surface area (Å²) in [5, 5.41) is 0. The van der Waals surface area contributed by atoms with Crippen LogP contribution in [0.1, 0.15) is 13.3 Å². The largest absolute Gasteiger partial charge is 0.415 e. The quantitative estimate of drug-likeness (QED) is 0.478. The maximum Gasteiger partial charge on any atom is 0.184 e. The molecule has 62 valence electrons. The van der Waals surface area contributed by atoms with E-state index in [1.807, 2.05) is 0 Å². The molecule has 0 aromatic heterocycles. The summed E-state index contributed by atoms with van der Waals surface area (Å²) in [6, 6.07) is 0. The van der Waals surface area contributed by atoms with Crippen molar-refractivity contribution in [3.05, 3.63) is 0 Å². The van der Waals surface area contributed by atoms with Gasteiger partial charge in [-0.1, -0.05) is 0 Å². The van der Waals surface area contributed by atoms with Gasteiger partial charge in [0.25, 0.3) is 0 Å². The maximum atomic E-state index is 5.73. The van der Waals surface area contributed by atoms with E-state index in [1.165, 1.54) is 0 Å². The maximum absolute atomic E-state index is 5.73. The van der Waals surface area contributed by atoms with Crippen molar-refractivity contribution in [1.29, 1.82) is 0 Å². The lowest BCUT2D eigenvalue weighted by Crippen LogP contribution is -2.30. The van der Waals surface area contributed by atoms with Gasteiger partial charge in [-0.3, -0.25) is 0 Å². The predicted octanol–water partition coefficient (Wildman–Crippen LogP) is 2.86. The lowest BCUT2D eigenvalue weighted by atomic mass is 10.3. The highest BCUT2D eigenvalue weighted by Crippen LogP contribution is 2.09. The van der Waals surface area contributed by atoms with E-state index in [1.54, 1.807) is 0 Å². The SMILES string of the molecule is CC(CCCl)O[Si](C)(C)C. The van der Waals surface area contributed by atoms with Gasteiger partial charge in [0.15, 0.2) is 8.32 Å². The summed E-state index contributed by atoms with van der Waals surface area (Å²) >= 11 is 5.56. The standard InChI is InChI=1S/C7H17ClOSi/c1-7(5-6-8)9-10(2,3)4/h7H,5-6H2,1-4H3. The van der Waals surface area contributed by atoms with Crippen molar-refractivity contribution in [2.24, 2.45) is 0 Å². The first-order chi connectivity index (χ1) is 4.45. The molecule has 1 unspecified atom stereocenters. The number of rotatable bonds is 4. The molecule has 0 rings (SSSR count). The van der Waals surface area contributed by atoms with Crippen molar-refractivity contribution < 1.29 is 4.43 Å². The fraction of sp³-hybridized carbons (Fsp3) is 1.00. The molecule has 1 nitrogen and oxygen atoms in total. The van der Waals surface area contributed by atoms with Crippen LogP contribution in [-0.4, -0.2) is 20.3 Å². The highest BCUT2D eigenvalue weighted by Gasteiger charge is 2.17. The molecule has 0 saturated carbocycles. The van der Waals surface area contributed by atoms with Crippen LogP contribution < -0.4 is 0 Å². The Kier molecular flexibility index (Phi) is 4.57. The van der Waals surface area contributed by atoms with Gasteiger partial charge in [-0.2, -0.15) is 0 Å². The number of halogens is 1. The van der Waals surface area contributed by atoms with Gasteiger partial charge in [-0.05, 0) is 33.0 Å². The van der Waals surface area contributed by atoms with Gasteiger partial charge in [0, 0.05) is 12.0 Å². The van der Waals surface area contributed by atoms with Crippen molar-refractivity contribution in [2.45, 2.75) is 39.1 Å². The van der Waals surface area contributed by atoms with E-state index < -0.39 is 8.32 Å². The molecule has 0 aromatic rings. The van der Waals surface area contributed by atoms with Crippen LogP contribution in [0.15, 0.2) is 0 Å². The Labute approximate surface area is 69.9 Å². The molecular formula is C7H17ClOSi. The topological polar surface area (TPSA) is 9.23 Å². The molecule has 0 amide bonds. The second-order valence-electron chi connectivity index (χ2n) is 3.52. The van der Waals surface area contributed by atoms with E-state index in [0.717, 1.165) is 6.42 Å². The highest BCUT2D eigenvalue weighted by atomic mass is 35.5. The Morgan fingerprint density at radius 2 is 1.90 bits per heavy atom. The summed E-state index contributed by atoms with van der Waals surface area (Å²) in [5.74, 6) is 0.700. The van der Waals surface area contributed by atoms with Crippen LogP contribution in [0.25, 0.3) is 0 Å². The first kappa shape index (κ1) is 10.5. The van der Waals surface area contributed by atoms with E-state index in [4.69, 9.17) is 16.0 Å². The van der Waals surface area contributed by atoms with Crippen molar-refractivity contribution in [3.63, 3.8) is 0 Å². The zero-order valence-electron chi connectivity index (χ0n) is 7.28. The molecule has 0 radical (unpaired) electrons. The zero-order chi connectivity index (χ0) is 8.20. The van der Waals surface area contributed by atoms with E-state index in [2.05, 4.69) is 26.6 Å². The van der Waals surface area contributed by atoms with Crippen molar-refractivity contribution in [3.8, 4) is 0 Å². The molecule has 0 heterocycles. The molecule has 0 aliphatic rings. The van der Waals surface area contributed by atoms with Gasteiger partial charge in [0.2, 0.25) is 0 Å².